The monoisotopic (exact) mass is 312 g/mol. The van der Waals surface area contributed by atoms with Crippen molar-refractivity contribution >= 4 is 11.6 Å². The Morgan fingerprint density at radius 1 is 1.50 bits per heavy atom. The summed E-state index contributed by atoms with van der Waals surface area (Å²) in [5.41, 5.74) is 0.317. The molecule has 0 bridgehead atoms. The molecule has 1 aromatic carbocycles. The summed E-state index contributed by atoms with van der Waals surface area (Å²) in [5, 5.41) is 5.88. The Hall–Kier alpha value is -1.70. The van der Waals surface area contributed by atoms with Crippen LogP contribution in [0.2, 0.25) is 0 Å². The maximum absolute atomic E-state index is 13.4. The van der Waals surface area contributed by atoms with Crippen molar-refractivity contribution in [1.29, 1.82) is 0 Å². The van der Waals surface area contributed by atoms with Crippen molar-refractivity contribution < 1.29 is 23.4 Å². The fourth-order valence-corrected chi connectivity index (χ4v) is 2.14. The summed E-state index contributed by atoms with van der Waals surface area (Å²) in [6.07, 6.45) is 0.258. The van der Waals surface area contributed by atoms with Crippen LogP contribution in [0.1, 0.15) is 6.42 Å². The Bertz CT molecular complexity index is 492. The van der Waals surface area contributed by atoms with E-state index in [4.69, 9.17) is 14.2 Å². The molecule has 0 radical (unpaired) electrons. The van der Waals surface area contributed by atoms with Crippen LogP contribution in [0.25, 0.3) is 0 Å². The van der Waals surface area contributed by atoms with E-state index in [1.807, 2.05) is 0 Å². The highest BCUT2D eigenvalue weighted by atomic mass is 19.1. The van der Waals surface area contributed by atoms with Crippen molar-refractivity contribution in [1.82, 2.24) is 5.32 Å². The molecule has 1 unspecified atom stereocenters. The number of anilines is 1. The molecule has 6 nitrogen and oxygen atoms in total. The van der Waals surface area contributed by atoms with E-state index in [0.29, 0.717) is 37.9 Å². The fraction of sp³-hybridized carbons (Fsp3) is 0.533. The van der Waals surface area contributed by atoms with Crippen molar-refractivity contribution in [2.45, 2.75) is 12.5 Å². The summed E-state index contributed by atoms with van der Waals surface area (Å²) in [4.78, 5) is 12.1. The van der Waals surface area contributed by atoms with Gasteiger partial charge in [0.15, 0.2) is 0 Å². The van der Waals surface area contributed by atoms with E-state index in [1.165, 1.54) is 18.2 Å². The summed E-state index contributed by atoms with van der Waals surface area (Å²) >= 11 is 0. The average molecular weight is 312 g/mol. The fourth-order valence-electron chi connectivity index (χ4n) is 2.14. The number of carbonyl (C=O) groups excluding carboxylic acids is 1. The second-order valence-corrected chi connectivity index (χ2v) is 4.96. The number of nitrogens with one attached hydrogen (secondary N) is 2. The number of hydrogen-bond donors (Lipinski definition) is 2. The first-order chi connectivity index (χ1) is 10.7. The maximum Gasteiger partial charge on any atom is 0.226 e. The van der Waals surface area contributed by atoms with E-state index in [2.05, 4.69) is 10.6 Å². The van der Waals surface area contributed by atoms with Crippen LogP contribution in [0.4, 0.5) is 10.1 Å². The number of methoxy groups -OCH3 is 1. The van der Waals surface area contributed by atoms with Crippen LogP contribution in [-0.4, -0.2) is 52.0 Å². The van der Waals surface area contributed by atoms with E-state index < -0.39 is 5.82 Å². The van der Waals surface area contributed by atoms with E-state index in [-0.39, 0.29) is 18.4 Å². The Morgan fingerprint density at radius 2 is 2.36 bits per heavy atom. The minimum atomic E-state index is -0.437. The molecule has 0 aromatic heterocycles. The molecular formula is C15H21FN2O4. The van der Waals surface area contributed by atoms with Crippen LogP contribution >= 0.6 is 0 Å². The third kappa shape index (κ3) is 5.25. The highest BCUT2D eigenvalue weighted by Gasteiger charge is 2.18. The Morgan fingerprint density at radius 3 is 3.09 bits per heavy atom. The first-order valence-corrected chi connectivity index (χ1v) is 7.21. The molecule has 7 heteroatoms. The van der Waals surface area contributed by atoms with Gasteiger partial charge in [0, 0.05) is 32.2 Å². The lowest BCUT2D eigenvalue weighted by Gasteiger charge is -2.23. The van der Waals surface area contributed by atoms with E-state index >= 15 is 0 Å². The average Bonchev–Trinajstić information content (AvgIpc) is 2.50. The van der Waals surface area contributed by atoms with E-state index in [1.54, 1.807) is 7.11 Å². The Balaban J connectivity index is 1.94. The number of morpholine rings is 1. The van der Waals surface area contributed by atoms with Crippen LogP contribution < -0.4 is 15.4 Å². The van der Waals surface area contributed by atoms with Gasteiger partial charge in [-0.2, -0.15) is 0 Å². The molecule has 1 atom stereocenters. The summed E-state index contributed by atoms with van der Waals surface area (Å²) < 4.78 is 29.1. The molecule has 1 fully saturated rings. The van der Waals surface area contributed by atoms with Crippen LogP contribution in [-0.2, 0) is 14.3 Å². The number of hydrogen-bond acceptors (Lipinski definition) is 5. The molecule has 1 aromatic rings. The zero-order chi connectivity index (χ0) is 15.8. The van der Waals surface area contributed by atoms with Crippen molar-refractivity contribution in [2.75, 3.05) is 45.4 Å². The predicted octanol–water partition coefficient (Wildman–Crippen LogP) is 1.17. The zero-order valence-electron chi connectivity index (χ0n) is 12.6. The highest BCUT2D eigenvalue weighted by molar-refractivity contribution is 5.92. The number of benzene rings is 1. The number of amides is 1. The number of carbonyl (C=O) groups is 1. The van der Waals surface area contributed by atoms with Crippen LogP contribution in [0, 0.1) is 5.82 Å². The van der Waals surface area contributed by atoms with Crippen molar-refractivity contribution in [3.05, 3.63) is 24.0 Å². The Kier molecular flexibility index (Phi) is 6.57. The van der Waals surface area contributed by atoms with Gasteiger partial charge in [-0.25, -0.2) is 4.39 Å². The van der Waals surface area contributed by atoms with Gasteiger partial charge >= 0.3 is 0 Å². The molecule has 1 aliphatic heterocycles. The largest absolute Gasteiger partial charge is 0.489 e. The summed E-state index contributed by atoms with van der Waals surface area (Å²) in [6, 6.07) is 3.99. The standard InChI is InChI=1S/C15H21FN2O4/c1-20-6-7-22-14-3-2-11(16)8-13(14)18-15(19)9-12-10-21-5-4-17-12/h2-3,8,12,17H,4-7,9-10H2,1H3,(H,18,19). The summed E-state index contributed by atoms with van der Waals surface area (Å²) in [6.45, 7) is 2.60. The van der Waals surface area contributed by atoms with Gasteiger partial charge in [-0.15, -0.1) is 0 Å². The van der Waals surface area contributed by atoms with Gasteiger partial charge in [-0.1, -0.05) is 0 Å². The highest BCUT2D eigenvalue weighted by Crippen LogP contribution is 2.25. The molecule has 1 saturated heterocycles. The molecule has 1 aliphatic rings. The van der Waals surface area contributed by atoms with Gasteiger partial charge in [-0.3, -0.25) is 4.79 Å². The minimum absolute atomic E-state index is 0.0276. The third-order valence-corrected chi connectivity index (χ3v) is 3.19. The molecule has 122 valence electrons. The topological polar surface area (TPSA) is 68.8 Å². The molecule has 0 spiro atoms. The molecule has 1 heterocycles. The quantitative estimate of drug-likeness (QED) is 0.740. The summed E-state index contributed by atoms with van der Waals surface area (Å²) in [5.74, 6) is -0.238. The first kappa shape index (κ1) is 16.7. The van der Waals surface area contributed by atoms with Crippen molar-refractivity contribution in [2.24, 2.45) is 0 Å². The third-order valence-electron chi connectivity index (χ3n) is 3.19. The molecule has 0 aliphatic carbocycles. The SMILES string of the molecule is COCCOc1ccc(F)cc1NC(=O)CC1COCCN1. The lowest BCUT2D eigenvalue weighted by Crippen LogP contribution is -2.43. The van der Waals surface area contributed by atoms with Gasteiger partial charge in [0.05, 0.1) is 25.5 Å². The Labute approximate surface area is 128 Å². The molecular weight excluding hydrogens is 291 g/mol. The maximum atomic E-state index is 13.4. The van der Waals surface area contributed by atoms with Gasteiger partial charge < -0.3 is 24.8 Å². The minimum Gasteiger partial charge on any atom is -0.489 e. The lowest BCUT2D eigenvalue weighted by molar-refractivity contribution is -0.117. The predicted molar refractivity (Wildman–Crippen MR) is 79.6 cm³/mol. The van der Waals surface area contributed by atoms with Crippen LogP contribution in [0.15, 0.2) is 18.2 Å². The number of rotatable bonds is 7. The molecule has 22 heavy (non-hydrogen) atoms. The lowest BCUT2D eigenvalue weighted by atomic mass is 10.2. The van der Waals surface area contributed by atoms with Crippen LogP contribution in [0.3, 0.4) is 0 Å². The van der Waals surface area contributed by atoms with Crippen molar-refractivity contribution in [3.8, 4) is 5.75 Å². The van der Waals surface area contributed by atoms with E-state index in [0.717, 1.165) is 6.54 Å². The number of ether oxygens (including phenoxy) is 3. The molecule has 0 saturated carbocycles. The van der Waals surface area contributed by atoms with Gasteiger partial charge in [0.2, 0.25) is 5.91 Å². The first-order valence-electron chi connectivity index (χ1n) is 7.21. The second kappa shape index (κ2) is 8.67. The molecule has 2 rings (SSSR count). The van der Waals surface area contributed by atoms with Crippen molar-refractivity contribution in [3.63, 3.8) is 0 Å². The summed E-state index contributed by atoms with van der Waals surface area (Å²) in [7, 11) is 1.57. The smallest absolute Gasteiger partial charge is 0.226 e. The van der Waals surface area contributed by atoms with E-state index in [9.17, 15) is 9.18 Å². The number of halogens is 1. The normalized spacial score (nSPS) is 18.0. The van der Waals surface area contributed by atoms with Gasteiger partial charge in [0.1, 0.15) is 18.2 Å². The van der Waals surface area contributed by atoms with Crippen LogP contribution in [0.5, 0.6) is 5.75 Å². The molecule has 2 N–H and O–H groups in total. The van der Waals surface area contributed by atoms with Gasteiger partial charge in [0.25, 0.3) is 0 Å². The zero-order valence-corrected chi connectivity index (χ0v) is 12.6. The second-order valence-electron chi connectivity index (χ2n) is 4.96. The molecule has 1 amide bonds. The van der Waals surface area contributed by atoms with Gasteiger partial charge in [-0.05, 0) is 12.1 Å².